The number of carboxylic acids is 1. The van der Waals surface area contributed by atoms with E-state index < -0.39 is 27.3 Å². The highest BCUT2D eigenvalue weighted by Crippen LogP contribution is 2.28. The average Bonchev–Trinajstić information content (AvgIpc) is 2.39. The van der Waals surface area contributed by atoms with Crippen LogP contribution in [0.15, 0.2) is 17.0 Å². The molecule has 6 nitrogen and oxygen atoms in total. The number of aromatic hydroxyl groups is 1. The van der Waals surface area contributed by atoms with E-state index in [0.29, 0.717) is 18.4 Å². The van der Waals surface area contributed by atoms with E-state index in [1.807, 2.05) is 13.8 Å². The monoisotopic (exact) mass is 315 g/mol. The summed E-state index contributed by atoms with van der Waals surface area (Å²) in [6.45, 7) is 5.32. The van der Waals surface area contributed by atoms with Gasteiger partial charge in [-0.05, 0) is 37.5 Å². The molecule has 0 amide bonds. The van der Waals surface area contributed by atoms with Crippen molar-refractivity contribution in [2.24, 2.45) is 0 Å². The Balaban J connectivity index is 3.44. The lowest BCUT2D eigenvalue weighted by Gasteiger charge is -2.26. The van der Waals surface area contributed by atoms with Gasteiger partial charge in [0.15, 0.2) is 0 Å². The van der Waals surface area contributed by atoms with Crippen LogP contribution in [0.4, 0.5) is 0 Å². The molecule has 0 fully saturated rings. The Morgan fingerprint density at radius 2 is 1.81 bits per heavy atom. The van der Waals surface area contributed by atoms with Gasteiger partial charge in [0.1, 0.15) is 11.3 Å². The lowest BCUT2D eigenvalue weighted by Crippen LogP contribution is -2.36. The van der Waals surface area contributed by atoms with Crippen LogP contribution in [0.5, 0.6) is 5.75 Å². The molecule has 0 atom stereocenters. The van der Waals surface area contributed by atoms with E-state index in [9.17, 15) is 18.3 Å². The molecule has 0 unspecified atom stereocenters. The minimum atomic E-state index is -3.81. The topological polar surface area (TPSA) is 94.9 Å². The van der Waals surface area contributed by atoms with Crippen molar-refractivity contribution in [2.45, 2.75) is 44.6 Å². The fraction of sp³-hybridized carbons (Fsp3) is 0.500. The predicted octanol–water partition coefficient (Wildman–Crippen LogP) is 2.21. The van der Waals surface area contributed by atoms with Crippen LogP contribution >= 0.6 is 0 Å². The standard InChI is InChI=1S/C14H21NO5S/c1-5-10(6-2)15(4)21(19,20)13-8-11(14(17)18)12(16)7-9(13)3/h7-8,10,16H,5-6H2,1-4H3,(H,17,18). The number of carbonyl (C=O) groups is 1. The number of nitrogens with zero attached hydrogens (tertiary/aromatic N) is 1. The number of carboxylic acid groups (broad SMARTS) is 1. The van der Waals surface area contributed by atoms with Crippen LogP contribution in [-0.2, 0) is 10.0 Å². The van der Waals surface area contributed by atoms with Crippen molar-refractivity contribution >= 4 is 16.0 Å². The van der Waals surface area contributed by atoms with Crippen molar-refractivity contribution in [1.82, 2.24) is 4.31 Å². The first-order chi connectivity index (χ1) is 9.66. The van der Waals surface area contributed by atoms with Gasteiger partial charge in [-0.25, -0.2) is 13.2 Å². The number of hydrogen-bond donors (Lipinski definition) is 2. The number of rotatable bonds is 6. The van der Waals surface area contributed by atoms with Gasteiger partial charge >= 0.3 is 5.97 Å². The van der Waals surface area contributed by atoms with E-state index in [4.69, 9.17) is 5.11 Å². The second-order valence-electron chi connectivity index (χ2n) is 4.93. The molecular weight excluding hydrogens is 294 g/mol. The van der Waals surface area contributed by atoms with Gasteiger partial charge in [0.25, 0.3) is 0 Å². The largest absolute Gasteiger partial charge is 0.507 e. The fourth-order valence-electron chi connectivity index (χ4n) is 2.28. The predicted molar refractivity (Wildman–Crippen MR) is 79.1 cm³/mol. The van der Waals surface area contributed by atoms with Gasteiger partial charge in [0, 0.05) is 13.1 Å². The number of aryl methyl sites for hydroxylation is 1. The molecule has 0 saturated carbocycles. The molecule has 0 bridgehead atoms. The number of benzene rings is 1. The minimum absolute atomic E-state index is 0.0906. The number of sulfonamides is 1. The molecule has 1 aromatic carbocycles. The Morgan fingerprint density at radius 3 is 2.24 bits per heavy atom. The Labute approximate surface area is 125 Å². The first kappa shape index (κ1) is 17.5. The second kappa shape index (κ2) is 6.44. The maximum absolute atomic E-state index is 12.6. The SMILES string of the molecule is CCC(CC)N(C)S(=O)(=O)c1cc(C(=O)O)c(O)cc1C. The molecule has 1 rings (SSSR count). The summed E-state index contributed by atoms with van der Waals surface area (Å²) in [6, 6.07) is 2.02. The smallest absolute Gasteiger partial charge is 0.339 e. The number of phenols is 1. The zero-order chi connectivity index (χ0) is 16.4. The number of hydrogen-bond acceptors (Lipinski definition) is 4. The van der Waals surface area contributed by atoms with E-state index in [0.717, 1.165) is 12.1 Å². The Morgan fingerprint density at radius 1 is 1.29 bits per heavy atom. The Kier molecular flexibility index (Phi) is 5.36. The summed E-state index contributed by atoms with van der Waals surface area (Å²) in [5.74, 6) is -1.81. The molecule has 0 saturated heterocycles. The molecule has 0 aromatic heterocycles. The molecule has 0 heterocycles. The summed E-state index contributed by atoms with van der Waals surface area (Å²) < 4.78 is 26.6. The van der Waals surface area contributed by atoms with Crippen LogP contribution in [-0.4, -0.2) is 42.0 Å². The highest BCUT2D eigenvalue weighted by Gasteiger charge is 2.29. The van der Waals surface area contributed by atoms with Crippen LogP contribution in [0.2, 0.25) is 0 Å². The summed E-state index contributed by atoms with van der Waals surface area (Å²) in [7, 11) is -2.32. The van der Waals surface area contributed by atoms with E-state index >= 15 is 0 Å². The molecule has 0 aliphatic carbocycles. The van der Waals surface area contributed by atoms with Crippen LogP contribution in [0.1, 0.15) is 42.6 Å². The summed E-state index contributed by atoms with van der Waals surface area (Å²) >= 11 is 0. The summed E-state index contributed by atoms with van der Waals surface area (Å²) in [5, 5.41) is 18.6. The fourth-order valence-corrected chi connectivity index (χ4v) is 4.01. The number of aromatic carboxylic acids is 1. The van der Waals surface area contributed by atoms with Gasteiger partial charge in [-0.1, -0.05) is 13.8 Å². The average molecular weight is 315 g/mol. The van der Waals surface area contributed by atoms with Crippen molar-refractivity contribution < 1.29 is 23.4 Å². The van der Waals surface area contributed by atoms with Gasteiger partial charge in [-0.2, -0.15) is 4.31 Å². The molecule has 0 spiro atoms. The van der Waals surface area contributed by atoms with E-state index in [2.05, 4.69) is 0 Å². The molecule has 21 heavy (non-hydrogen) atoms. The van der Waals surface area contributed by atoms with Crippen LogP contribution < -0.4 is 0 Å². The zero-order valence-corrected chi connectivity index (χ0v) is 13.4. The van der Waals surface area contributed by atoms with Gasteiger partial charge in [0.05, 0.1) is 4.90 Å². The molecule has 0 aliphatic rings. The first-order valence-corrected chi connectivity index (χ1v) is 8.15. The molecular formula is C14H21NO5S. The molecule has 1 aromatic rings. The highest BCUT2D eigenvalue weighted by atomic mass is 32.2. The second-order valence-corrected chi connectivity index (χ2v) is 6.90. The highest BCUT2D eigenvalue weighted by molar-refractivity contribution is 7.89. The van der Waals surface area contributed by atoms with E-state index in [1.165, 1.54) is 18.3 Å². The Hall–Kier alpha value is -1.60. The Bertz CT molecular complexity index is 635. The van der Waals surface area contributed by atoms with Gasteiger partial charge in [-0.15, -0.1) is 0 Å². The van der Waals surface area contributed by atoms with Crippen molar-refractivity contribution in [1.29, 1.82) is 0 Å². The summed E-state index contributed by atoms with van der Waals surface area (Å²) in [4.78, 5) is 11.0. The van der Waals surface area contributed by atoms with Crippen molar-refractivity contribution in [3.63, 3.8) is 0 Å². The summed E-state index contributed by atoms with van der Waals surface area (Å²) in [5.41, 5.74) is -0.104. The van der Waals surface area contributed by atoms with E-state index in [1.54, 1.807) is 0 Å². The first-order valence-electron chi connectivity index (χ1n) is 6.71. The van der Waals surface area contributed by atoms with Crippen molar-refractivity contribution in [3.8, 4) is 5.75 Å². The van der Waals surface area contributed by atoms with Crippen molar-refractivity contribution in [2.75, 3.05) is 7.05 Å². The maximum atomic E-state index is 12.6. The minimum Gasteiger partial charge on any atom is -0.507 e. The van der Waals surface area contributed by atoms with E-state index in [-0.39, 0.29) is 10.9 Å². The van der Waals surface area contributed by atoms with Crippen LogP contribution in [0, 0.1) is 6.92 Å². The zero-order valence-electron chi connectivity index (χ0n) is 12.6. The summed E-state index contributed by atoms with van der Waals surface area (Å²) in [6.07, 6.45) is 1.32. The normalized spacial score (nSPS) is 12.1. The molecule has 0 aliphatic heterocycles. The lowest BCUT2D eigenvalue weighted by molar-refractivity contribution is 0.0693. The van der Waals surface area contributed by atoms with Gasteiger partial charge < -0.3 is 10.2 Å². The quantitative estimate of drug-likeness (QED) is 0.839. The third-order valence-corrected chi connectivity index (χ3v) is 5.69. The molecule has 2 N–H and O–H groups in total. The lowest BCUT2D eigenvalue weighted by atomic mass is 10.1. The van der Waals surface area contributed by atoms with Crippen LogP contribution in [0.3, 0.4) is 0 Å². The molecule has 0 radical (unpaired) electrons. The molecule has 7 heteroatoms. The van der Waals surface area contributed by atoms with Crippen LogP contribution in [0.25, 0.3) is 0 Å². The third kappa shape index (κ3) is 3.36. The van der Waals surface area contributed by atoms with Gasteiger partial charge in [0.2, 0.25) is 10.0 Å². The third-order valence-electron chi connectivity index (χ3n) is 3.64. The van der Waals surface area contributed by atoms with Gasteiger partial charge in [-0.3, -0.25) is 0 Å². The maximum Gasteiger partial charge on any atom is 0.339 e. The van der Waals surface area contributed by atoms with Crippen molar-refractivity contribution in [3.05, 3.63) is 23.3 Å². The molecule has 118 valence electrons.